The average molecular weight is 180 g/mol. The first-order chi connectivity index (χ1) is 5.26. The van der Waals surface area contributed by atoms with E-state index in [-0.39, 0.29) is 5.88 Å². The molecule has 0 bridgehead atoms. The van der Waals surface area contributed by atoms with Crippen LogP contribution in [-0.4, -0.2) is 36.7 Å². The van der Waals surface area contributed by atoms with Crippen molar-refractivity contribution in [1.29, 1.82) is 0 Å². The molecular weight excluding hydrogens is 162 g/mol. The van der Waals surface area contributed by atoms with Crippen LogP contribution in [0, 0.1) is 0 Å². The van der Waals surface area contributed by atoms with Crippen LogP contribution < -0.4 is 0 Å². The first-order valence-electron chi connectivity index (χ1n) is 3.98. The first-order valence-corrected chi connectivity index (χ1v) is 4.52. The molecule has 0 amide bonds. The van der Waals surface area contributed by atoms with Crippen molar-refractivity contribution in [1.82, 2.24) is 4.90 Å². The van der Waals surface area contributed by atoms with E-state index in [4.69, 9.17) is 16.4 Å². The summed E-state index contributed by atoms with van der Waals surface area (Å²) in [7, 11) is 0. The Morgan fingerprint density at radius 2 is 1.45 bits per heavy atom. The van der Waals surface area contributed by atoms with E-state index < -0.39 is 0 Å². The van der Waals surface area contributed by atoms with E-state index in [1.807, 2.05) is 0 Å². The molecule has 0 saturated carbocycles. The van der Waals surface area contributed by atoms with E-state index in [0.717, 1.165) is 0 Å². The molecule has 0 aromatic rings. The van der Waals surface area contributed by atoms with Crippen molar-refractivity contribution in [2.45, 2.75) is 20.8 Å². The molecule has 0 aliphatic rings. The third-order valence-electron chi connectivity index (χ3n) is 1.40. The molecule has 0 aromatic carbocycles. The third-order valence-corrected chi connectivity index (χ3v) is 1.53. The fourth-order valence-corrected chi connectivity index (χ4v) is 0.671. The topological polar surface area (TPSA) is 20.3 Å². The SMILES string of the molecule is CCN(CC)CC.O=CCCl. The summed E-state index contributed by atoms with van der Waals surface area (Å²) in [6.45, 7) is 10.1. The number of hydrogen-bond acceptors (Lipinski definition) is 2. The summed E-state index contributed by atoms with van der Waals surface area (Å²) in [5, 5.41) is 0. The molecule has 0 radical (unpaired) electrons. The monoisotopic (exact) mass is 179 g/mol. The molecule has 0 spiro atoms. The Bertz CT molecular complexity index is 69.0. The van der Waals surface area contributed by atoms with Gasteiger partial charge in [-0.05, 0) is 19.6 Å². The smallest absolute Gasteiger partial charge is 0.134 e. The summed E-state index contributed by atoms with van der Waals surface area (Å²) in [4.78, 5) is 11.4. The van der Waals surface area contributed by atoms with Gasteiger partial charge in [-0.15, -0.1) is 11.6 Å². The quantitative estimate of drug-likeness (QED) is 0.485. The van der Waals surface area contributed by atoms with Gasteiger partial charge in [-0.3, -0.25) is 0 Å². The van der Waals surface area contributed by atoms with Crippen LogP contribution in [0.15, 0.2) is 0 Å². The molecule has 0 aromatic heterocycles. The van der Waals surface area contributed by atoms with Gasteiger partial charge < -0.3 is 9.69 Å². The lowest BCUT2D eigenvalue weighted by molar-refractivity contribution is -0.105. The van der Waals surface area contributed by atoms with Gasteiger partial charge in [0.2, 0.25) is 0 Å². The molecule has 0 rings (SSSR count). The highest BCUT2D eigenvalue weighted by atomic mass is 35.5. The zero-order chi connectivity index (χ0) is 9.11. The van der Waals surface area contributed by atoms with Crippen LogP contribution in [0.5, 0.6) is 0 Å². The number of hydrogen-bond donors (Lipinski definition) is 0. The average Bonchev–Trinajstić information content (AvgIpc) is 2.08. The zero-order valence-electron chi connectivity index (χ0n) is 7.64. The van der Waals surface area contributed by atoms with Gasteiger partial charge in [-0.1, -0.05) is 20.8 Å². The lowest BCUT2D eigenvalue weighted by atomic mass is 10.5. The second kappa shape index (κ2) is 12.6. The maximum atomic E-state index is 9.04. The van der Waals surface area contributed by atoms with Crippen LogP contribution in [0.2, 0.25) is 0 Å². The molecule has 3 heteroatoms. The first kappa shape index (κ1) is 13.5. The molecule has 0 saturated heterocycles. The Morgan fingerprint density at radius 3 is 1.45 bits per heavy atom. The number of alkyl halides is 1. The van der Waals surface area contributed by atoms with Gasteiger partial charge in [0.05, 0.1) is 5.88 Å². The minimum atomic E-state index is 0.111. The second-order valence-electron chi connectivity index (χ2n) is 1.94. The molecular formula is C8H18ClNO. The number of halogens is 1. The summed E-state index contributed by atoms with van der Waals surface area (Å²) in [5.41, 5.74) is 0. The molecule has 0 fully saturated rings. The van der Waals surface area contributed by atoms with Gasteiger partial charge in [-0.25, -0.2) is 0 Å². The van der Waals surface area contributed by atoms with Crippen LogP contribution in [0.3, 0.4) is 0 Å². The van der Waals surface area contributed by atoms with Crippen molar-refractivity contribution >= 4 is 17.9 Å². The number of aldehydes is 1. The van der Waals surface area contributed by atoms with Crippen molar-refractivity contribution in [2.24, 2.45) is 0 Å². The number of carbonyl (C=O) groups excluding carboxylic acids is 1. The maximum Gasteiger partial charge on any atom is 0.134 e. The van der Waals surface area contributed by atoms with E-state index in [1.165, 1.54) is 19.6 Å². The van der Waals surface area contributed by atoms with Crippen LogP contribution in [-0.2, 0) is 4.79 Å². The maximum absolute atomic E-state index is 9.04. The highest BCUT2D eigenvalue weighted by Gasteiger charge is 1.89. The van der Waals surface area contributed by atoms with Crippen molar-refractivity contribution in [3.63, 3.8) is 0 Å². The molecule has 2 nitrogen and oxygen atoms in total. The van der Waals surface area contributed by atoms with E-state index in [2.05, 4.69) is 25.7 Å². The van der Waals surface area contributed by atoms with E-state index in [1.54, 1.807) is 0 Å². The summed E-state index contributed by atoms with van der Waals surface area (Å²) in [6, 6.07) is 0. The van der Waals surface area contributed by atoms with Gasteiger partial charge in [0.25, 0.3) is 0 Å². The Kier molecular flexibility index (Phi) is 15.4. The number of rotatable bonds is 4. The Morgan fingerprint density at radius 1 is 1.18 bits per heavy atom. The van der Waals surface area contributed by atoms with Crippen LogP contribution in [0.1, 0.15) is 20.8 Å². The minimum absolute atomic E-state index is 0.111. The summed E-state index contributed by atoms with van der Waals surface area (Å²) in [6.07, 6.45) is 0.640. The summed E-state index contributed by atoms with van der Waals surface area (Å²) < 4.78 is 0. The number of nitrogens with zero attached hydrogens (tertiary/aromatic N) is 1. The second-order valence-corrected chi connectivity index (χ2v) is 2.25. The Labute approximate surface area is 74.5 Å². The molecule has 68 valence electrons. The number of carbonyl (C=O) groups is 1. The van der Waals surface area contributed by atoms with E-state index in [9.17, 15) is 0 Å². The predicted octanol–water partition coefficient (Wildman–Crippen LogP) is 1.77. The summed E-state index contributed by atoms with van der Waals surface area (Å²) in [5.74, 6) is 0.111. The van der Waals surface area contributed by atoms with Crippen molar-refractivity contribution in [3.05, 3.63) is 0 Å². The van der Waals surface area contributed by atoms with E-state index >= 15 is 0 Å². The van der Waals surface area contributed by atoms with Crippen LogP contribution >= 0.6 is 11.6 Å². The predicted molar refractivity (Wildman–Crippen MR) is 50.2 cm³/mol. The normalized spacial score (nSPS) is 8.82. The van der Waals surface area contributed by atoms with Gasteiger partial charge in [-0.2, -0.15) is 0 Å². The van der Waals surface area contributed by atoms with Gasteiger partial charge in [0, 0.05) is 0 Å². The molecule has 0 unspecified atom stereocenters. The van der Waals surface area contributed by atoms with Crippen molar-refractivity contribution in [2.75, 3.05) is 25.5 Å². The van der Waals surface area contributed by atoms with Gasteiger partial charge in [0.15, 0.2) is 0 Å². The molecule has 0 atom stereocenters. The van der Waals surface area contributed by atoms with Crippen molar-refractivity contribution in [3.8, 4) is 0 Å². The highest BCUT2D eigenvalue weighted by Crippen LogP contribution is 1.81. The summed E-state index contributed by atoms with van der Waals surface area (Å²) >= 11 is 4.82. The fraction of sp³-hybridized carbons (Fsp3) is 0.875. The standard InChI is InChI=1S/C6H15N.C2H3ClO/c1-4-7(5-2)6-3;3-1-2-4/h4-6H2,1-3H3;2H,1H2. The molecule has 0 N–H and O–H groups in total. The lowest BCUT2D eigenvalue weighted by Gasteiger charge is -2.13. The van der Waals surface area contributed by atoms with Crippen LogP contribution in [0.4, 0.5) is 0 Å². The van der Waals surface area contributed by atoms with Crippen LogP contribution in [0.25, 0.3) is 0 Å². The third kappa shape index (κ3) is 13.0. The molecule has 0 heterocycles. The molecule has 0 aliphatic carbocycles. The largest absolute Gasteiger partial charge is 0.304 e. The molecule has 0 aliphatic heterocycles. The van der Waals surface area contributed by atoms with Gasteiger partial charge >= 0.3 is 0 Å². The Balaban J connectivity index is 0. The Hall–Kier alpha value is -0.0800. The van der Waals surface area contributed by atoms with Crippen molar-refractivity contribution < 1.29 is 4.79 Å². The minimum Gasteiger partial charge on any atom is -0.304 e. The van der Waals surface area contributed by atoms with Gasteiger partial charge in [0.1, 0.15) is 6.29 Å². The fourth-order valence-electron chi connectivity index (χ4n) is 0.671. The lowest BCUT2D eigenvalue weighted by Crippen LogP contribution is -2.21. The zero-order valence-corrected chi connectivity index (χ0v) is 8.40. The highest BCUT2D eigenvalue weighted by molar-refractivity contribution is 6.24. The molecule has 11 heavy (non-hydrogen) atoms. The van der Waals surface area contributed by atoms with E-state index in [0.29, 0.717) is 6.29 Å².